The Morgan fingerprint density at radius 2 is 2.00 bits per heavy atom. The average molecular weight is 322 g/mol. The lowest BCUT2D eigenvalue weighted by molar-refractivity contribution is -0.385. The van der Waals surface area contributed by atoms with Gasteiger partial charge < -0.3 is 9.47 Å². The molecule has 6 nitrogen and oxygen atoms in total. The Kier molecular flexibility index (Phi) is 6.36. The third kappa shape index (κ3) is 5.48. The van der Waals surface area contributed by atoms with Gasteiger partial charge in [-0.25, -0.2) is 0 Å². The van der Waals surface area contributed by atoms with Crippen LogP contribution in [0.4, 0.5) is 5.69 Å². The van der Waals surface area contributed by atoms with Gasteiger partial charge in [0.25, 0.3) is 0 Å². The Morgan fingerprint density at radius 3 is 2.65 bits per heavy atom. The number of nitro benzene ring substituents is 1. The second-order valence-electron chi connectivity index (χ2n) is 6.30. The smallest absolute Gasteiger partial charge is 0.311 e. The lowest BCUT2D eigenvalue weighted by Gasteiger charge is -2.35. The van der Waals surface area contributed by atoms with Crippen LogP contribution in [0.2, 0.25) is 0 Å². The van der Waals surface area contributed by atoms with Crippen LogP contribution in [-0.2, 0) is 4.74 Å². The van der Waals surface area contributed by atoms with E-state index >= 15 is 0 Å². The van der Waals surface area contributed by atoms with Crippen molar-refractivity contribution in [3.8, 4) is 5.75 Å². The molecule has 0 saturated carbocycles. The highest BCUT2D eigenvalue weighted by Crippen LogP contribution is 2.27. The van der Waals surface area contributed by atoms with Gasteiger partial charge in [0.2, 0.25) is 0 Å². The molecule has 1 aromatic rings. The van der Waals surface area contributed by atoms with E-state index in [1.165, 1.54) is 0 Å². The second-order valence-corrected chi connectivity index (χ2v) is 6.30. The summed E-state index contributed by atoms with van der Waals surface area (Å²) >= 11 is 0. The van der Waals surface area contributed by atoms with Gasteiger partial charge in [-0.3, -0.25) is 15.0 Å². The van der Waals surface area contributed by atoms with Crippen LogP contribution in [0.5, 0.6) is 5.75 Å². The Hall–Kier alpha value is -1.66. The zero-order valence-corrected chi connectivity index (χ0v) is 14.2. The maximum atomic E-state index is 11.0. The third-order valence-electron chi connectivity index (χ3n) is 3.93. The molecule has 0 spiro atoms. The zero-order chi connectivity index (χ0) is 16.8. The number of rotatable bonds is 7. The molecule has 6 heteroatoms. The summed E-state index contributed by atoms with van der Waals surface area (Å²) < 4.78 is 11.3. The quantitative estimate of drug-likeness (QED) is 0.438. The van der Waals surface area contributed by atoms with Gasteiger partial charge >= 0.3 is 5.69 Å². The van der Waals surface area contributed by atoms with E-state index in [1.54, 1.807) is 12.1 Å². The van der Waals surface area contributed by atoms with Crippen molar-refractivity contribution < 1.29 is 14.4 Å². The number of aryl methyl sites for hydroxylation is 1. The van der Waals surface area contributed by atoms with Gasteiger partial charge in [0.1, 0.15) is 0 Å². The lowest BCUT2D eigenvalue weighted by atomic mass is 10.2. The molecule has 1 fully saturated rings. The summed E-state index contributed by atoms with van der Waals surface area (Å²) in [6.07, 6.45) is 2.46. The number of nitro groups is 1. The molecule has 1 aromatic carbocycles. The van der Waals surface area contributed by atoms with Crippen molar-refractivity contribution >= 4 is 5.69 Å². The molecule has 1 saturated heterocycles. The highest BCUT2D eigenvalue weighted by atomic mass is 16.6. The molecular formula is C17H26N2O4. The van der Waals surface area contributed by atoms with Crippen LogP contribution >= 0.6 is 0 Å². The zero-order valence-electron chi connectivity index (χ0n) is 14.2. The molecule has 2 rings (SSSR count). The van der Waals surface area contributed by atoms with Gasteiger partial charge in [0.15, 0.2) is 5.75 Å². The van der Waals surface area contributed by atoms with E-state index in [2.05, 4.69) is 18.7 Å². The van der Waals surface area contributed by atoms with Crippen LogP contribution in [0.3, 0.4) is 0 Å². The first-order chi connectivity index (χ1) is 11.0. The maximum absolute atomic E-state index is 11.0. The second kappa shape index (κ2) is 8.26. The van der Waals surface area contributed by atoms with Crippen molar-refractivity contribution in [2.24, 2.45) is 0 Å². The monoisotopic (exact) mass is 322 g/mol. The Bertz CT molecular complexity index is 525. The number of ether oxygens (including phenoxy) is 2. The number of morpholine rings is 1. The van der Waals surface area contributed by atoms with Crippen LogP contribution in [0, 0.1) is 17.0 Å². The van der Waals surface area contributed by atoms with Gasteiger partial charge in [-0.1, -0.05) is 6.07 Å². The fourth-order valence-electron chi connectivity index (χ4n) is 2.98. The van der Waals surface area contributed by atoms with Crippen LogP contribution in [0.15, 0.2) is 18.2 Å². The highest BCUT2D eigenvalue weighted by Gasteiger charge is 2.21. The van der Waals surface area contributed by atoms with E-state index < -0.39 is 4.92 Å². The van der Waals surface area contributed by atoms with Crippen LogP contribution < -0.4 is 4.74 Å². The molecule has 0 radical (unpaired) electrons. The van der Waals surface area contributed by atoms with E-state index in [0.29, 0.717) is 12.4 Å². The molecule has 0 aromatic heterocycles. The summed E-state index contributed by atoms with van der Waals surface area (Å²) in [5.74, 6) is 0.356. The third-order valence-corrected chi connectivity index (χ3v) is 3.93. The van der Waals surface area contributed by atoms with E-state index in [4.69, 9.17) is 9.47 Å². The Balaban J connectivity index is 1.73. The number of hydrogen-bond acceptors (Lipinski definition) is 5. The number of benzene rings is 1. The lowest BCUT2D eigenvalue weighted by Crippen LogP contribution is -2.45. The average Bonchev–Trinajstić information content (AvgIpc) is 2.47. The summed E-state index contributed by atoms with van der Waals surface area (Å²) in [6.45, 7) is 9.48. The van der Waals surface area contributed by atoms with Crippen molar-refractivity contribution in [3.63, 3.8) is 0 Å². The van der Waals surface area contributed by atoms with Crippen molar-refractivity contribution in [1.82, 2.24) is 4.90 Å². The first-order valence-corrected chi connectivity index (χ1v) is 8.21. The molecule has 128 valence electrons. The largest absolute Gasteiger partial charge is 0.487 e. The van der Waals surface area contributed by atoms with E-state index in [-0.39, 0.29) is 17.9 Å². The molecule has 0 amide bonds. The molecule has 1 aliphatic rings. The molecule has 0 N–H and O–H groups in total. The maximum Gasteiger partial charge on any atom is 0.311 e. The SMILES string of the molecule is Cc1ccc(OCCCCN2C[C@@H](C)O[C@@H](C)C2)c([N+](=O)[O-])c1. The molecule has 2 atom stereocenters. The molecule has 1 aliphatic heterocycles. The van der Waals surface area contributed by atoms with Crippen molar-refractivity contribution in [2.75, 3.05) is 26.2 Å². The Morgan fingerprint density at radius 1 is 1.30 bits per heavy atom. The first-order valence-electron chi connectivity index (χ1n) is 8.21. The van der Waals surface area contributed by atoms with E-state index in [9.17, 15) is 10.1 Å². The normalized spacial score (nSPS) is 22.0. The van der Waals surface area contributed by atoms with Gasteiger partial charge in [-0.2, -0.15) is 0 Å². The number of hydrogen-bond donors (Lipinski definition) is 0. The number of unbranched alkanes of at least 4 members (excludes halogenated alkanes) is 1. The molecule has 0 unspecified atom stereocenters. The molecule has 1 heterocycles. The summed E-state index contributed by atoms with van der Waals surface area (Å²) in [5, 5.41) is 11.0. The van der Waals surface area contributed by atoms with Gasteiger partial charge in [-0.15, -0.1) is 0 Å². The molecular weight excluding hydrogens is 296 g/mol. The first kappa shape index (κ1) is 17.7. The summed E-state index contributed by atoms with van der Waals surface area (Å²) in [5.41, 5.74) is 0.903. The fourth-order valence-corrected chi connectivity index (χ4v) is 2.98. The topological polar surface area (TPSA) is 64.8 Å². The molecule has 23 heavy (non-hydrogen) atoms. The van der Waals surface area contributed by atoms with Crippen molar-refractivity contribution in [3.05, 3.63) is 33.9 Å². The molecule has 0 aliphatic carbocycles. The van der Waals surface area contributed by atoms with Crippen molar-refractivity contribution in [2.45, 2.75) is 45.8 Å². The summed E-state index contributed by atoms with van der Waals surface area (Å²) in [6, 6.07) is 5.06. The minimum Gasteiger partial charge on any atom is -0.487 e. The highest BCUT2D eigenvalue weighted by molar-refractivity contribution is 5.48. The van der Waals surface area contributed by atoms with Crippen LogP contribution in [-0.4, -0.2) is 48.3 Å². The van der Waals surface area contributed by atoms with E-state index in [1.807, 2.05) is 13.0 Å². The van der Waals surface area contributed by atoms with Gasteiger partial charge in [-0.05, 0) is 51.8 Å². The predicted molar refractivity (Wildman–Crippen MR) is 89.0 cm³/mol. The minimum absolute atomic E-state index is 0.0424. The fraction of sp³-hybridized carbons (Fsp3) is 0.647. The van der Waals surface area contributed by atoms with Gasteiger partial charge in [0, 0.05) is 19.2 Å². The standard InChI is InChI=1S/C17H26N2O4/c1-13-6-7-17(16(10-13)19(20)21)22-9-5-4-8-18-11-14(2)23-15(3)12-18/h6-7,10,14-15H,4-5,8-9,11-12H2,1-3H3/t14-,15+. The molecule has 0 bridgehead atoms. The van der Waals surface area contributed by atoms with Gasteiger partial charge in [0.05, 0.1) is 23.7 Å². The van der Waals surface area contributed by atoms with Crippen LogP contribution in [0.1, 0.15) is 32.3 Å². The number of nitrogens with zero attached hydrogens (tertiary/aromatic N) is 2. The summed E-state index contributed by atoms with van der Waals surface area (Å²) in [4.78, 5) is 13.1. The predicted octanol–water partition coefficient (Wildman–Crippen LogP) is 3.17. The minimum atomic E-state index is -0.390. The van der Waals surface area contributed by atoms with Crippen molar-refractivity contribution in [1.29, 1.82) is 0 Å². The summed E-state index contributed by atoms with van der Waals surface area (Å²) in [7, 11) is 0. The van der Waals surface area contributed by atoms with Crippen LogP contribution in [0.25, 0.3) is 0 Å². The Labute approximate surface area is 137 Å². The van der Waals surface area contributed by atoms with E-state index in [0.717, 1.165) is 38.0 Å².